The SMILES string of the molecule is Cc1cc(S(=O)(=O)N2CC[C@H]3CNC[C@H]32)c(C)s1. The second kappa shape index (κ2) is 4.30. The van der Waals surface area contributed by atoms with Gasteiger partial charge in [-0.3, -0.25) is 0 Å². The van der Waals surface area contributed by atoms with Crippen LogP contribution < -0.4 is 5.32 Å². The number of aryl methyl sites for hydroxylation is 2. The highest BCUT2D eigenvalue weighted by molar-refractivity contribution is 7.89. The Kier molecular flexibility index (Phi) is 3.01. The van der Waals surface area contributed by atoms with E-state index < -0.39 is 10.0 Å². The Morgan fingerprint density at radius 2 is 2.17 bits per heavy atom. The molecule has 0 radical (unpaired) electrons. The zero-order chi connectivity index (χ0) is 12.9. The molecule has 18 heavy (non-hydrogen) atoms. The van der Waals surface area contributed by atoms with Crippen LogP contribution in [0.1, 0.15) is 16.2 Å². The van der Waals surface area contributed by atoms with Gasteiger partial charge in [0.15, 0.2) is 0 Å². The second-order valence-electron chi connectivity index (χ2n) is 5.17. The normalized spacial score (nSPS) is 28.8. The molecule has 0 saturated carbocycles. The molecule has 100 valence electrons. The molecule has 1 aromatic rings. The molecule has 4 nitrogen and oxygen atoms in total. The molecule has 0 unspecified atom stereocenters. The minimum absolute atomic E-state index is 0.162. The quantitative estimate of drug-likeness (QED) is 0.893. The zero-order valence-corrected chi connectivity index (χ0v) is 12.3. The standard InChI is InChI=1S/C12H18N2O2S2/c1-8-5-12(9(2)17-8)18(15,16)14-4-3-10-6-13-7-11(10)14/h5,10-11,13H,3-4,6-7H2,1-2H3/t10-,11+/m0/s1. The smallest absolute Gasteiger partial charge is 0.244 e. The van der Waals surface area contributed by atoms with Gasteiger partial charge in [0, 0.05) is 28.9 Å². The van der Waals surface area contributed by atoms with Crippen LogP contribution in [0.3, 0.4) is 0 Å². The van der Waals surface area contributed by atoms with Gasteiger partial charge in [-0.25, -0.2) is 8.42 Å². The van der Waals surface area contributed by atoms with E-state index in [9.17, 15) is 8.42 Å². The highest BCUT2D eigenvalue weighted by Gasteiger charge is 2.44. The lowest BCUT2D eigenvalue weighted by molar-refractivity contribution is 0.383. The molecule has 0 spiro atoms. The van der Waals surface area contributed by atoms with Gasteiger partial charge < -0.3 is 5.32 Å². The lowest BCUT2D eigenvalue weighted by Crippen LogP contribution is -2.39. The highest BCUT2D eigenvalue weighted by atomic mass is 32.2. The van der Waals surface area contributed by atoms with Crippen LogP contribution >= 0.6 is 11.3 Å². The number of fused-ring (bicyclic) bond motifs is 1. The van der Waals surface area contributed by atoms with Crippen molar-refractivity contribution in [1.29, 1.82) is 0 Å². The van der Waals surface area contributed by atoms with Crippen LogP contribution in [0.15, 0.2) is 11.0 Å². The fraction of sp³-hybridized carbons (Fsp3) is 0.667. The minimum atomic E-state index is -3.30. The average molecular weight is 286 g/mol. The summed E-state index contributed by atoms with van der Waals surface area (Å²) in [7, 11) is -3.30. The van der Waals surface area contributed by atoms with Crippen LogP contribution in [0, 0.1) is 19.8 Å². The second-order valence-corrected chi connectivity index (χ2v) is 8.49. The summed E-state index contributed by atoms with van der Waals surface area (Å²) in [5.41, 5.74) is 0. The summed E-state index contributed by atoms with van der Waals surface area (Å²) in [6, 6.07) is 1.97. The third-order valence-corrected chi connectivity index (χ3v) is 7.12. The van der Waals surface area contributed by atoms with Crippen LogP contribution in [-0.2, 0) is 10.0 Å². The Morgan fingerprint density at radius 1 is 1.39 bits per heavy atom. The minimum Gasteiger partial charge on any atom is -0.315 e. The van der Waals surface area contributed by atoms with Crippen molar-refractivity contribution in [2.24, 2.45) is 5.92 Å². The molecule has 2 aliphatic rings. The summed E-state index contributed by atoms with van der Waals surface area (Å²) < 4.78 is 27.1. The van der Waals surface area contributed by atoms with E-state index >= 15 is 0 Å². The Labute approximate surface area is 112 Å². The van der Waals surface area contributed by atoms with E-state index in [1.54, 1.807) is 15.6 Å². The van der Waals surface area contributed by atoms with Crippen molar-refractivity contribution in [2.45, 2.75) is 31.2 Å². The number of nitrogens with zero attached hydrogens (tertiary/aromatic N) is 1. The summed E-state index contributed by atoms with van der Waals surface area (Å²) in [6.07, 6.45) is 0.985. The zero-order valence-electron chi connectivity index (χ0n) is 10.6. The van der Waals surface area contributed by atoms with Crippen molar-refractivity contribution in [1.82, 2.24) is 9.62 Å². The Morgan fingerprint density at radius 3 is 2.83 bits per heavy atom. The van der Waals surface area contributed by atoms with E-state index in [0.717, 1.165) is 29.3 Å². The van der Waals surface area contributed by atoms with Crippen LogP contribution in [0.4, 0.5) is 0 Å². The Bertz CT molecular complexity index is 565. The molecule has 0 aliphatic carbocycles. The maximum Gasteiger partial charge on any atom is 0.244 e. The van der Waals surface area contributed by atoms with Gasteiger partial charge in [-0.2, -0.15) is 4.31 Å². The van der Waals surface area contributed by atoms with Gasteiger partial charge in [0.2, 0.25) is 10.0 Å². The van der Waals surface area contributed by atoms with Gasteiger partial charge in [0.05, 0.1) is 4.90 Å². The van der Waals surface area contributed by atoms with E-state index in [1.807, 2.05) is 19.9 Å². The fourth-order valence-electron chi connectivity index (χ4n) is 3.10. The molecule has 0 bridgehead atoms. The first-order valence-corrected chi connectivity index (χ1v) is 8.55. The third kappa shape index (κ3) is 1.82. The first-order valence-electron chi connectivity index (χ1n) is 6.30. The number of rotatable bonds is 2. The molecule has 2 saturated heterocycles. The summed E-state index contributed by atoms with van der Waals surface area (Å²) in [6.45, 7) is 6.28. The number of sulfonamides is 1. The molecule has 0 amide bonds. The van der Waals surface area contributed by atoms with Crippen molar-refractivity contribution in [3.8, 4) is 0 Å². The highest BCUT2D eigenvalue weighted by Crippen LogP contribution is 2.35. The lowest BCUT2D eigenvalue weighted by Gasteiger charge is -2.22. The first kappa shape index (κ1) is 12.6. The molecule has 3 heterocycles. The van der Waals surface area contributed by atoms with E-state index in [4.69, 9.17) is 0 Å². The van der Waals surface area contributed by atoms with Crippen molar-refractivity contribution < 1.29 is 8.42 Å². The van der Waals surface area contributed by atoms with Gasteiger partial charge in [-0.05, 0) is 38.8 Å². The van der Waals surface area contributed by atoms with Crippen molar-refractivity contribution in [2.75, 3.05) is 19.6 Å². The number of hydrogen-bond donors (Lipinski definition) is 1. The molecule has 6 heteroatoms. The van der Waals surface area contributed by atoms with E-state index in [-0.39, 0.29) is 6.04 Å². The third-order valence-electron chi connectivity index (χ3n) is 3.98. The molecule has 1 aromatic heterocycles. The maximum atomic E-state index is 12.7. The van der Waals surface area contributed by atoms with Crippen molar-refractivity contribution in [3.63, 3.8) is 0 Å². The predicted molar refractivity (Wildman–Crippen MR) is 72.4 cm³/mol. The molecular formula is C12H18N2O2S2. The maximum absolute atomic E-state index is 12.7. The summed E-state index contributed by atoms with van der Waals surface area (Å²) >= 11 is 1.56. The van der Waals surface area contributed by atoms with E-state index in [2.05, 4.69) is 5.32 Å². The van der Waals surface area contributed by atoms with Crippen LogP contribution in [0.2, 0.25) is 0 Å². The Balaban J connectivity index is 1.98. The molecular weight excluding hydrogens is 268 g/mol. The van der Waals surface area contributed by atoms with Gasteiger partial charge >= 0.3 is 0 Å². The molecule has 2 fully saturated rings. The summed E-state index contributed by atoms with van der Waals surface area (Å²) in [4.78, 5) is 2.48. The molecule has 2 atom stereocenters. The average Bonchev–Trinajstić information content (AvgIpc) is 2.91. The molecule has 0 aromatic carbocycles. The largest absolute Gasteiger partial charge is 0.315 e. The van der Waals surface area contributed by atoms with E-state index in [1.165, 1.54) is 0 Å². The molecule has 2 aliphatic heterocycles. The number of hydrogen-bond acceptors (Lipinski definition) is 4. The van der Waals surface area contributed by atoms with Crippen LogP contribution in [0.5, 0.6) is 0 Å². The first-order chi connectivity index (χ1) is 8.50. The Hall–Kier alpha value is -0.430. The number of thiophene rings is 1. The lowest BCUT2D eigenvalue weighted by atomic mass is 10.1. The van der Waals surface area contributed by atoms with Gasteiger partial charge in [-0.1, -0.05) is 0 Å². The monoisotopic (exact) mass is 286 g/mol. The van der Waals surface area contributed by atoms with Crippen LogP contribution in [0.25, 0.3) is 0 Å². The van der Waals surface area contributed by atoms with Crippen molar-refractivity contribution >= 4 is 21.4 Å². The summed E-state index contributed by atoms with van der Waals surface area (Å²) in [5.74, 6) is 0.500. The van der Waals surface area contributed by atoms with Gasteiger partial charge in [0.25, 0.3) is 0 Å². The fourth-order valence-corrected chi connectivity index (χ4v) is 6.32. The predicted octanol–water partition coefficient (Wildman–Crippen LogP) is 1.35. The number of nitrogens with one attached hydrogen (secondary N) is 1. The molecule has 1 N–H and O–H groups in total. The summed E-state index contributed by atoms with van der Waals surface area (Å²) in [5, 5.41) is 3.29. The topological polar surface area (TPSA) is 49.4 Å². The van der Waals surface area contributed by atoms with Crippen molar-refractivity contribution in [3.05, 3.63) is 15.8 Å². The van der Waals surface area contributed by atoms with Gasteiger partial charge in [-0.15, -0.1) is 11.3 Å². The van der Waals surface area contributed by atoms with Crippen LogP contribution in [-0.4, -0.2) is 38.4 Å². The molecule has 3 rings (SSSR count). The van der Waals surface area contributed by atoms with E-state index in [0.29, 0.717) is 17.4 Å². The van der Waals surface area contributed by atoms with Gasteiger partial charge in [0.1, 0.15) is 0 Å².